The molecule has 0 aromatic carbocycles. The monoisotopic (exact) mass is 312 g/mol. The fourth-order valence-corrected chi connectivity index (χ4v) is 3.16. The standard InChI is InChI=1S/C4H14N2O8P2S/c5-17(13,14)2-1-6(3-15(7,8)9)4-16(10,11)12/h1-4H2,(H2,5,13,14)(H2,7,8,9)(H2,10,11,12). The van der Waals surface area contributed by atoms with Gasteiger partial charge in [-0.05, 0) is 0 Å². The zero-order valence-electron chi connectivity index (χ0n) is 8.58. The molecule has 17 heavy (non-hydrogen) atoms. The quantitative estimate of drug-likeness (QED) is 0.327. The predicted molar refractivity (Wildman–Crippen MR) is 58.5 cm³/mol. The molecule has 0 spiro atoms. The van der Waals surface area contributed by atoms with E-state index in [9.17, 15) is 17.5 Å². The van der Waals surface area contributed by atoms with E-state index in [1.54, 1.807) is 0 Å². The highest BCUT2D eigenvalue weighted by Crippen LogP contribution is 2.40. The summed E-state index contributed by atoms with van der Waals surface area (Å²) in [6.07, 6.45) is -1.90. The van der Waals surface area contributed by atoms with Crippen LogP contribution in [0, 0.1) is 0 Å². The molecule has 0 saturated carbocycles. The van der Waals surface area contributed by atoms with Crippen LogP contribution in [0.15, 0.2) is 0 Å². The lowest BCUT2D eigenvalue weighted by Gasteiger charge is -2.22. The third-order valence-corrected chi connectivity index (χ3v) is 3.75. The van der Waals surface area contributed by atoms with Crippen molar-refractivity contribution in [1.29, 1.82) is 0 Å². The lowest BCUT2D eigenvalue weighted by molar-refractivity contribution is 0.286. The summed E-state index contributed by atoms with van der Waals surface area (Å²) in [4.78, 5) is 35.3. The number of sulfonamides is 1. The maximum Gasteiger partial charge on any atom is 0.339 e. The largest absolute Gasteiger partial charge is 0.339 e. The zero-order chi connectivity index (χ0) is 13.9. The summed E-state index contributed by atoms with van der Waals surface area (Å²) in [6, 6.07) is 0. The molecule has 0 radical (unpaired) electrons. The van der Waals surface area contributed by atoms with Gasteiger partial charge in [0.2, 0.25) is 10.0 Å². The van der Waals surface area contributed by atoms with Gasteiger partial charge in [-0.15, -0.1) is 0 Å². The van der Waals surface area contributed by atoms with Crippen LogP contribution in [0.3, 0.4) is 0 Å². The molecule has 10 nitrogen and oxygen atoms in total. The van der Waals surface area contributed by atoms with Crippen LogP contribution in [-0.4, -0.2) is 57.8 Å². The Morgan fingerprint density at radius 2 is 1.35 bits per heavy atom. The molecule has 0 amide bonds. The smallest absolute Gasteiger partial charge is 0.324 e. The summed E-state index contributed by atoms with van der Waals surface area (Å²) >= 11 is 0. The second-order valence-corrected chi connectivity index (χ2v) is 8.33. The molecule has 0 bridgehead atoms. The maximum absolute atomic E-state index is 10.7. The highest BCUT2D eigenvalue weighted by Gasteiger charge is 2.26. The van der Waals surface area contributed by atoms with Crippen molar-refractivity contribution in [3.63, 3.8) is 0 Å². The molecule has 0 atom stereocenters. The van der Waals surface area contributed by atoms with Gasteiger partial charge in [0.1, 0.15) is 12.6 Å². The Kier molecular flexibility index (Phi) is 5.93. The summed E-state index contributed by atoms with van der Waals surface area (Å²) in [5.74, 6) is -0.660. The van der Waals surface area contributed by atoms with Gasteiger partial charge in [0.05, 0.1) is 5.75 Å². The molecule has 0 aromatic heterocycles. The molecule has 0 aromatic rings. The van der Waals surface area contributed by atoms with Crippen LogP contribution in [0.4, 0.5) is 0 Å². The molecule has 0 unspecified atom stereocenters. The van der Waals surface area contributed by atoms with E-state index in [2.05, 4.69) is 5.14 Å². The van der Waals surface area contributed by atoms with Crippen LogP contribution in [0.2, 0.25) is 0 Å². The maximum atomic E-state index is 10.7. The first-order valence-electron chi connectivity index (χ1n) is 4.10. The molecule has 0 aliphatic heterocycles. The van der Waals surface area contributed by atoms with Gasteiger partial charge in [-0.3, -0.25) is 14.0 Å². The van der Waals surface area contributed by atoms with Crippen molar-refractivity contribution in [3.8, 4) is 0 Å². The first kappa shape index (κ1) is 17.2. The molecule has 13 heteroatoms. The second kappa shape index (κ2) is 5.87. The Hall–Kier alpha value is 0.170. The summed E-state index contributed by atoms with van der Waals surface area (Å²) in [5, 5.41) is 4.67. The number of nitrogens with two attached hydrogens (primary N) is 1. The van der Waals surface area contributed by atoms with Crippen molar-refractivity contribution < 1.29 is 37.1 Å². The molecule has 0 saturated heterocycles. The Morgan fingerprint density at radius 3 is 1.59 bits per heavy atom. The van der Waals surface area contributed by atoms with E-state index in [1.807, 2.05) is 0 Å². The molecular weight excluding hydrogens is 298 g/mol. The van der Waals surface area contributed by atoms with Crippen molar-refractivity contribution in [3.05, 3.63) is 0 Å². The average Bonchev–Trinajstić information content (AvgIpc) is 1.92. The fraction of sp³-hybridized carbons (Fsp3) is 1.00. The van der Waals surface area contributed by atoms with Crippen molar-refractivity contribution in [2.45, 2.75) is 0 Å². The lowest BCUT2D eigenvalue weighted by Crippen LogP contribution is -2.33. The van der Waals surface area contributed by atoms with E-state index in [0.29, 0.717) is 4.90 Å². The van der Waals surface area contributed by atoms with Gasteiger partial charge in [-0.25, -0.2) is 13.6 Å². The van der Waals surface area contributed by atoms with Crippen LogP contribution in [-0.2, 0) is 19.2 Å². The normalized spacial score (nSPS) is 14.2. The Bertz CT molecular complexity index is 412. The second-order valence-electron chi connectivity index (χ2n) is 3.37. The van der Waals surface area contributed by atoms with Crippen molar-refractivity contribution in [1.82, 2.24) is 4.90 Å². The number of rotatable bonds is 7. The van der Waals surface area contributed by atoms with Gasteiger partial charge in [-0.1, -0.05) is 0 Å². The van der Waals surface area contributed by atoms with Crippen LogP contribution in [0.25, 0.3) is 0 Å². The fourth-order valence-electron chi connectivity index (χ4n) is 0.964. The van der Waals surface area contributed by atoms with Crippen LogP contribution < -0.4 is 5.14 Å². The zero-order valence-corrected chi connectivity index (χ0v) is 11.2. The molecule has 0 aliphatic rings. The summed E-state index contributed by atoms with van der Waals surface area (Å²) in [5.41, 5.74) is 0. The van der Waals surface area contributed by atoms with Gasteiger partial charge in [-0.2, -0.15) is 0 Å². The van der Waals surface area contributed by atoms with E-state index < -0.39 is 50.1 Å². The van der Waals surface area contributed by atoms with E-state index >= 15 is 0 Å². The first-order valence-corrected chi connectivity index (χ1v) is 9.41. The van der Waals surface area contributed by atoms with Crippen LogP contribution in [0.1, 0.15) is 0 Å². The number of nitrogens with zero attached hydrogens (tertiary/aromatic N) is 1. The van der Waals surface area contributed by atoms with Gasteiger partial charge >= 0.3 is 15.2 Å². The molecule has 0 rings (SSSR count). The molecular formula is C4H14N2O8P2S. The molecule has 104 valence electrons. The minimum absolute atomic E-state index is 0.477. The molecule has 0 fully saturated rings. The Morgan fingerprint density at radius 1 is 1.00 bits per heavy atom. The van der Waals surface area contributed by atoms with Gasteiger partial charge in [0, 0.05) is 6.54 Å². The van der Waals surface area contributed by atoms with Crippen molar-refractivity contribution in [2.75, 3.05) is 24.9 Å². The van der Waals surface area contributed by atoms with Gasteiger partial charge < -0.3 is 19.6 Å². The third kappa shape index (κ3) is 12.4. The number of primary sulfonamides is 1. The molecule has 6 N–H and O–H groups in total. The molecule has 0 aliphatic carbocycles. The average molecular weight is 312 g/mol. The van der Waals surface area contributed by atoms with E-state index in [-0.39, 0.29) is 0 Å². The van der Waals surface area contributed by atoms with E-state index in [0.717, 1.165) is 0 Å². The summed E-state index contributed by atoms with van der Waals surface area (Å²) in [7, 11) is -13.0. The third-order valence-electron chi connectivity index (χ3n) is 1.46. The predicted octanol–water partition coefficient (Wildman–Crippen LogP) is -2.15. The van der Waals surface area contributed by atoms with Crippen LogP contribution in [0.5, 0.6) is 0 Å². The highest BCUT2D eigenvalue weighted by atomic mass is 32.2. The Labute approximate surface area is 97.8 Å². The van der Waals surface area contributed by atoms with Gasteiger partial charge in [0.25, 0.3) is 0 Å². The van der Waals surface area contributed by atoms with E-state index in [1.165, 1.54) is 0 Å². The first-order chi connectivity index (χ1) is 7.29. The summed E-state index contributed by atoms with van der Waals surface area (Å²) < 4.78 is 42.6. The summed E-state index contributed by atoms with van der Waals surface area (Å²) in [6.45, 7) is -0.477. The van der Waals surface area contributed by atoms with Crippen molar-refractivity contribution in [2.24, 2.45) is 5.14 Å². The van der Waals surface area contributed by atoms with Gasteiger partial charge in [0.15, 0.2) is 0 Å². The minimum Gasteiger partial charge on any atom is -0.324 e. The number of hydrogen-bond acceptors (Lipinski definition) is 5. The topological polar surface area (TPSA) is 178 Å². The van der Waals surface area contributed by atoms with Crippen molar-refractivity contribution >= 4 is 25.2 Å². The number of hydrogen-bond donors (Lipinski definition) is 5. The van der Waals surface area contributed by atoms with E-state index in [4.69, 9.17) is 19.6 Å². The Balaban J connectivity index is 4.64. The molecule has 0 heterocycles. The van der Waals surface area contributed by atoms with Crippen LogP contribution >= 0.6 is 15.2 Å². The lowest BCUT2D eigenvalue weighted by atomic mass is 10.7. The highest BCUT2D eigenvalue weighted by molar-refractivity contribution is 7.89. The minimum atomic E-state index is -4.54. The SMILES string of the molecule is NS(=O)(=O)CCN(CP(=O)(O)O)CP(=O)(O)O.